The lowest BCUT2D eigenvalue weighted by Gasteiger charge is -2.09. The van der Waals surface area contributed by atoms with Gasteiger partial charge < -0.3 is 4.74 Å². The van der Waals surface area contributed by atoms with Crippen molar-refractivity contribution in [1.82, 2.24) is 10.4 Å². The molecule has 0 saturated heterocycles. The highest BCUT2D eigenvalue weighted by Crippen LogP contribution is 2.24. The fourth-order valence-electron chi connectivity index (χ4n) is 3.16. The number of rotatable bonds is 6. The average Bonchev–Trinajstić information content (AvgIpc) is 2.80. The first-order valence-electron chi connectivity index (χ1n) is 9.76. The Hall–Kier alpha value is -3.99. The summed E-state index contributed by atoms with van der Waals surface area (Å²) in [4.78, 5) is 17.6. The molecule has 0 aliphatic carbocycles. The summed E-state index contributed by atoms with van der Waals surface area (Å²) in [6.45, 7) is 2.56. The number of amides is 1. The normalized spacial score (nSPS) is 11.0. The molecule has 0 atom stereocenters. The highest BCUT2D eigenvalue weighted by Gasteiger charge is 2.13. The minimum atomic E-state index is -0.284. The molecule has 1 amide bonds. The monoisotopic (exact) mass is 395 g/mol. The van der Waals surface area contributed by atoms with E-state index in [4.69, 9.17) is 9.72 Å². The van der Waals surface area contributed by atoms with Gasteiger partial charge in [0.1, 0.15) is 5.75 Å². The largest absolute Gasteiger partial charge is 0.494 e. The Morgan fingerprint density at radius 3 is 2.50 bits per heavy atom. The second-order valence-electron chi connectivity index (χ2n) is 6.64. The zero-order valence-electron chi connectivity index (χ0n) is 16.6. The molecule has 0 aliphatic heterocycles. The molecule has 5 heteroatoms. The quantitative estimate of drug-likeness (QED) is 0.366. The van der Waals surface area contributed by atoms with Crippen LogP contribution in [0.15, 0.2) is 90.0 Å². The zero-order valence-corrected chi connectivity index (χ0v) is 16.6. The Labute approximate surface area is 175 Å². The Bertz CT molecular complexity index is 1190. The molecular weight excluding hydrogens is 374 g/mol. The summed E-state index contributed by atoms with van der Waals surface area (Å²) in [6.07, 6.45) is 1.61. The third-order valence-electron chi connectivity index (χ3n) is 4.60. The number of nitrogens with one attached hydrogen (secondary N) is 1. The predicted octanol–water partition coefficient (Wildman–Crippen LogP) is 5.06. The molecule has 0 aliphatic rings. The standard InChI is InChI=1S/C25H21N3O2/c1-2-30-20-14-12-18(13-15-20)17-26-28-25(29)22-16-24(19-8-4-3-5-9-19)27-23-11-7-6-10-21(22)23/h3-17H,2H2,1H3,(H,28,29). The summed E-state index contributed by atoms with van der Waals surface area (Å²) in [5, 5.41) is 4.90. The van der Waals surface area contributed by atoms with Crippen molar-refractivity contribution in [3.05, 3.63) is 96.1 Å². The van der Waals surface area contributed by atoms with E-state index in [9.17, 15) is 4.79 Å². The molecule has 1 aromatic heterocycles. The van der Waals surface area contributed by atoms with Crippen molar-refractivity contribution in [2.24, 2.45) is 5.10 Å². The number of hydrogen-bond donors (Lipinski definition) is 1. The van der Waals surface area contributed by atoms with E-state index in [2.05, 4.69) is 10.5 Å². The fourth-order valence-corrected chi connectivity index (χ4v) is 3.16. The molecule has 1 heterocycles. The van der Waals surface area contributed by atoms with Crippen LogP contribution in [0.3, 0.4) is 0 Å². The zero-order chi connectivity index (χ0) is 20.8. The molecule has 5 nitrogen and oxygen atoms in total. The highest BCUT2D eigenvalue weighted by atomic mass is 16.5. The van der Waals surface area contributed by atoms with Crippen molar-refractivity contribution in [2.45, 2.75) is 6.92 Å². The van der Waals surface area contributed by atoms with Crippen molar-refractivity contribution in [3.8, 4) is 17.0 Å². The maximum Gasteiger partial charge on any atom is 0.272 e. The van der Waals surface area contributed by atoms with Gasteiger partial charge in [-0.05, 0) is 48.9 Å². The van der Waals surface area contributed by atoms with Crippen LogP contribution in [0.5, 0.6) is 5.75 Å². The van der Waals surface area contributed by atoms with E-state index in [0.717, 1.165) is 33.5 Å². The number of fused-ring (bicyclic) bond motifs is 1. The van der Waals surface area contributed by atoms with Crippen LogP contribution in [0.1, 0.15) is 22.8 Å². The topological polar surface area (TPSA) is 63.6 Å². The van der Waals surface area contributed by atoms with Crippen molar-refractivity contribution < 1.29 is 9.53 Å². The Balaban J connectivity index is 1.59. The number of carbonyl (C=O) groups excluding carboxylic acids is 1. The average molecular weight is 395 g/mol. The number of pyridine rings is 1. The van der Waals surface area contributed by atoms with Gasteiger partial charge >= 0.3 is 0 Å². The van der Waals surface area contributed by atoms with Crippen LogP contribution in [-0.4, -0.2) is 23.7 Å². The molecule has 0 unspecified atom stereocenters. The lowest BCUT2D eigenvalue weighted by molar-refractivity contribution is 0.0956. The summed E-state index contributed by atoms with van der Waals surface area (Å²) in [5.41, 5.74) is 6.49. The molecule has 4 aromatic rings. The van der Waals surface area contributed by atoms with Crippen LogP contribution in [0, 0.1) is 0 Å². The maximum absolute atomic E-state index is 12.9. The lowest BCUT2D eigenvalue weighted by atomic mass is 10.0. The van der Waals surface area contributed by atoms with Crippen LogP contribution in [0.4, 0.5) is 0 Å². The van der Waals surface area contributed by atoms with Crippen molar-refractivity contribution in [1.29, 1.82) is 0 Å². The number of benzene rings is 3. The summed E-state index contributed by atoms with van der Waals surface area (Å²) >= 11 is 0. The van der Waals surface area contributed by atoms with Gasteiger partial charge in [0.05, 0.1) is 29.6 Å². The van der Waals surface area contributed by atoms with Gasteiger partial charge in [0, 0.05) is 10.9 Å². The van der Waals surface area contributed by atoms with E-state index in [1.54, 1.807) is 12.3 Å². The summed E-state index contributed by atoms with van der Waals surface area (Å²) < 4.78 is 5.43. The van der Waals surface area contributed by atoms with Gasteiger partial charge in [-0.2, -0.15) is 5.10 Å². The molecule has 0 saturated carbocycles. The van der Waals surface area contributed by atoms with Crippen molar-refractivity contribution in [3.63, 3.8) is 0 Å². The Morgan fingerprint density at radius 1 is 1.00 bits per heavy atom. The van der Waals surface area contributed by atoms with Gasteiger partial charge in [0.2, 0.25) is 0 Å². The molecular formula is C25H21N3O2. The number of aromatic nitrogens is 1. The number of ether oxygens (including phenoxy) is 1. The van der Waals surface area contributed by atoms with E-state index in [-0.39, 0.29) is 5.91 Å². The molecule has 1 N–H and O–H groups in total. The smallest absolute Gasteiger partial charge is 0.272 e. The lowest BCUT2D eigenvalue weighted by Crippen LogP contribution is -2.18. The van der Waals surface area contributed by atoms with Crippen LogP contribution in [0.25, 0.3) is 22.2 Å². The van der Waals surface area contributed by atoms with Gasteiger partial charge in [-0.1, -0.05) is 48.5 Å². The van der Waals surface area contributed by atoms with Gasteiger partial charge in [-0.25, -0.2) is 10.4 Å². The Kier molecular flexibility index (Phi) is 5.80. The van der Waals surface area contributed by atoms with Gasteiger partial charge in [0.25, 0.3) is 5.91 Å². The summed E-state index contributed by atoms with van der Waals surface area (Å²) in [7, 11) is 0. The molecule has 0 radical (unpaired) electrons. The van der Waals surface area contributed by atoms with E-state index in [0.29, 0.717) is 12.2 Å². The second-order valence-corrected chi connectivity index (χ2v) is 6.64. The maximum atomic E-state index is 12.9. The molecule has 0 fully saturated rings. The SMILES string of the molecule is CCOc1ccc(C=NNC(=O)c2cc(-c3ccccc3)nc3ccccc23)cc1. The number of hydrazone groups is 1. The number of para-hydroxylation sites is 1. The molecule has 0 spiro atoms. The minimum absolute atomic E-state index is 0.284. The second kappa shape index (κ2) is 9.01. The third kappa shape index (κ3) is 4.36. The van der Waals surface area contributed by atoms with Gasteiger partial charge in [0.15, 0.2) is 0 Å². The molecule has 3 aromatic carbocycles. The number of nitrogens with zero attached hydrogens (tertiary/aromatic N) is 2. The van der Waals surface area contributed by atoms with Crippen LogP contribution in [-0.2, 0) is 0 Å². The van der Waals surface area contributed by atoms with Crippen LogP contribution in [0.2, 0.25) is 0 Å². The van der Waals surface area contributed by atoms with Crippen molar-refractivity contribution >= 4 is 23.0 Å². The van der Waals surface area contributed by atoms with E-state index < -0.39 is 0 Å². The minimum Gasteiger partial charge on any atom is -0.494 e. The molecule has 4 rings (SSSR count). The van der Waals surface area contributed by atoms with Gasteiger partial charge in [-0.3, -0.25) is 4.79 Å². The van der Waals surface area contributed by atoms with Crippen LogP contribution < -0.4 is 10.2 Å². The summed E-state index contributed by atoms with van der Waals surface area (Å²) in [5.74, 6) is 0.517. The Morgan fingerprint density at radius 2 is 1.73 bits per heavy atom. The van der Waals surface area contributed by atoms with E-state index >= 15 is 0 Å². The number of carbonyl (C=O) groups is 1. The van der Waals surface area contributed by atoms with E-state index in [1.165, 1.54) is 0 Å². The third-order valence-corrected chi connectivity index (χ3v) is 4.60. The molecule has 30 heavy (non-hydrogen) atoms. The highest BCUT2D eigenvalue weighted by molar-refractivity contribution is 6.07. The first-order valence-corrected chi connectivity index (χ1v) is 9.76. The predicted molar refractivity (Wildman–Crippen MR) is 120 cm³/mol. The molecule has 0 bridgehead atoms. The van der Waals surface area contributed by atoms with Gasteiger partial charge in [-0.15, -0.1) is 0 Å². The fraction of sp³-hybridized carbons (Fsp3) is 0.0800. The first kappa shape index (κ1) is 19.3. The molecule has 148 valence electrons. The van der Waals surface area contributed by atoms with E-state index in [1.807, 2.05) is 85.8 Å². The summed E-state index contributed by atoms with van der Waals surface area (Å²) in [6, 6.07) is 26.7. The van der Waals surface area contributed by atoms with Crippen molar-refractivity contribution in [2.75, 3.05) is 6.61 Å². The number of hydrogen-bond acceptors (Lipinski definition) is 4. The first-order chi connectivity index (χ1) is 14.7. The van der Waals surface area contributed by atoms with Crippen LogP contribution >= 0.6 is 0 Å².